The second kappa shape index (κ2) is 6.41. The van der Waals surface area contributed by atoms with Crippen LogP contribution in [0, 0.1) is 0 Å². The van der Waals surface area contributed by atoms with Gasteiger partial charge in [-0.2, -0.15) is 0 Å². The summed E-state index contributed by atoms with van der Waals surface area (Å²) in [5, 5.41) is 10.8. The average molecular weight is 354 g/mol. The van der Waals surface area contributed by atoms with Gasteiger partial charge in [-0.3, -0.25) is 0 Å². The quantitative estimate of drug-likeness (QED) is 0.857. The van der Waals surface area contributed by atoms with Crippen LogP contribution < -0.4 is 9.47 Å². The van der Waals surface area contributed by atoms with Crippen molar-refractivity contribution in [1.82, 2.24) is 0 Å². The first kappa shape index (κ1) is 15.7. The summed E-state index contributed by atoms with van der Waals surface area (Å²) < 4.78 is 11.3. The topological polar surface area (TPSA) is 38.7 Å². The molecule has 1 heterocycles. The second-order valence-electron chi connectivity index (χ2n) is 3.89. The zero-order valence-corrected chi connectivity index (χ0v) is 13.7. The van der Waals surface area contributed by atoms with Crippen molar-refractivity contribution in [2.75, 3.05) is 14.2 Å². The van der Waals surface area contributed by atoms with E-state index in [1.165, 1.54) is 25.6 Å². The van der Waals surface area contributed by atoms with E-state index in [1.54, 1.807) is 18.2 Å². The first-order valence-corrected chi connectivity index (χ1v) is 7.47. The lowest BCUT2D eigenvalue weighted by Crippen LogP contribution is -2.03. The molecule has 0 aliphatic rings. The molecule has 0 bridgehead atoms. The molecule has 2 rings (SSSR count). The Morgan fingerprint density at radius 3 is 2.30 bits per heavy atom. The molecule has 1 atom stereocenters. The van der Waals surface area contributed by atoms with Crippen LogP contribution in [-0.2, 0) is 0 Å². The van der Waals surface area contributed by atoms with Gasteiger partial charge in [-0.15, -0.1) is 11.3 Å². The van der Waals surface area contributed by atoms with Gasteiger partial charge >= 0.3 is 0 Å². The van der Waals surface area contributed by atoms with E-state index in [-0.39, 0.29) is 0 Å². The molecular weight excluding hydrogens is 343 g/mol. The minimum absolute atomic E-state index is 0.295. The fourth-order valence-electron chi connectivity index (χ4n) is 1.84. The molecule has 0 spiro atoms. The van der Waals surface area contributed by atoms with Gasteiger partial charge < -0.3 is 14.6 Å². The normalized spacial score (nSPS) is 12.3. The average Bonchev–Trinajstić information content (AvgIpc) is 2.76. The van der Waals surface area contributed by atoms with E-state index < -0.39 is 6.10 Å². The van der Waals surface area contributed by atoms with Gasteiger partial charge in [0.15, 0.2) is 0 Å². The first-order valence-electron chi connectivity index (χ1n) is 5.52. The van der Waals surface area contributed by atoms with Gasteiger partial charge in [0.05, 0.1) is 18.6 Å². The number of benzene rings is 1. The number of aliphatic hydroxyl groups is 1. The molecular formula is C13H11Cl3O3S. The maximum atomic E-state index is 10.5. The Labute approximate surface area is 135 Å². The van der Waals surface area contributed by atoms with Crippen LogP contribution in [0.5, 0.6) is 11.5 Å². The Bertz CT molecular complexity index is 628. The van der Waals surface area contributed by atoms with Crippen molar-refractivity contribution in [2.24, 2.45) is 0 Å². The van der Waals surface area contributed by atoms with Crippen LogP contribution in [0.2, 0.25) is 13.7 Å². The lowest BCUT2D eigenvalue weighted by molar-refractivity contribution is 0.215. The molecule has 3 nitrogen and oxygen atoms in total. The number of hydrogen-bond acceptors (Lipinski definition) is 4. The minimum atomic E-state index is -0.982. The zero-order valence-electron chi connectivity index (χ0n) is 10.6. The third-order valence-electron chi connectivity index (χ3n) is 2.79. The van der Waals surface area contributed by atoms with Crippen LogP contribution >= 0.6 is 46.1 Å². The molecule has 0 saturated carbocycles. The van der Waals surface area contributed by atoms with E-state index >= 15 is 0 Å². The number of aliphatic hydroxyl groups excluding tert-OH is 1. The third kappa shape index (κ3) is 2.85. The third-order valence-corrected chi connectivity index (χ3v) is 4.66. The molecule has 1 aromatic carbocycles. The van der Waals surface area contributed by atoms with Crippen LogP contribution in [0.4, 0.5) is 0 Å². The summed E-state index contributed by atoms with van der Waals surface area (Å²) in [6, 6.07) is 4.96. The van der Waals surface area contributed by atoms with Gasteiger partial charge in [0.1, 0.15) is 27.0 Å². The largest absolute Gasteiger partial charge is 0.495 e. The minimum Gasteiger partial charge on any atom is -0.495 e. The molecule has 1 aromatic heterocycles. The van der Waals surface area contributed by atoms with Gasteiger partial charge in [0.25, 0.3) is 0 Å². The summed E-state index contributed by atoms with van der Waals surface area (Å²) in [6.07, 6.45) is -0.982. The summed E-state index contributed by atoms with van der Waals surface area (Å²) in [4.78, 5) is 0. The van der Waals surface area contributed by atoms with E-state index in [0.717, 1.165) is 0 Å². The summed E-state index contributed by atoms with van der Waals surface area (Å²) in [5.74, 6) is 0.811. The Hall–Kier alpha value is -0.650. The van der Waals surface area contributed by atoms with Crippen molar-refractivity contribution in [2.45, 2.75) is 6.10 Å². The number of halogens is 3. The number of hydrogen-bond donors (Lipinski definition) is 1. The van der Waals surface area contributed by atoms with Gasteiger partial charge in [0, 0.05) is 11.1 Å². The Kier molecular flexibility index (Phi) is 5.04. The van der Waals surface area contributed by atoms with Gasteiger partial charge in [-0.05, 0) is 18.2 Å². The SMILES string of the molecule is COc1ccc(C(O)c2cc(Cl)sc2Cl)c(OC)c1Cl. The summed E-state index contributed by atoms with van der Waals surface area (Å²) in [7, 11) is 2.98. The Morgan fingerprint density at radius 1 is 1.10 bits per heavy atom. The summed E-state index contributed by atoms with van der Waals surface area (Å²) in [6.45, 7) is 0. The predicted molar refractivity (Wildman–Crippen MR) is 83.0 cm³/mol. The molecule has 7 heteroatoms. The molecule has 0 radical (unpaired) electrons. The van der Waals surface area contributed by atoms with Crippen LogP contribution in [-0.4, -0.2) is 19.3 Å². The van der Waals surface area contributed by atoms with Crippen molar-refractivity contribution in [3.8, 4) is 11.5 Å². The van der Waals surface area contributed by atoms with Crippen molar-refractivity contribution in [3.05, 3.63) is 43.0 Å². The molecule has 108 valence electrons. The highest BCUT2D eigenvalue weighted by Gasteiger charge is 2.23. The maximum absolute atomic E-state index is 10.5. The van der Waals surface area contributed by atoms with Crippen LogP contribution in [0.15, 0.2) is 18.2 Å². The van der Waals surface area contributed by atoms with Crippen molar-refractivity contribution in [3.63, 3.8) is 0 Å². The van der Waals surface area contributed by atoms with Gasteiger partial charge in [-0.25, -0.2) is 0 Å². The highest BCUT2D eigenvalue weighted by Crippen LogP contribution is 2.44. The number of methoxy groups -OCH3 is 2. The van der Waals surface area contributed by atoms with Crippen molar-refractivity contribution in [1.29, 1.82) is 0 Å². The number of ether oxygens (including phenoxy) is 2. The molecule has 0 amide bonds. The van der Waals surface area contributed by atoms with Gasteiger partial charge in [-0.1, -0.05) is 34.8 Å². The molecule has 0 aliphatic heterocycles. The lowest BCUT2D eigenvalue weighted by atomic mass is 10.0. The molecule has 2 aromatic rings. The lowest BCUT2D eigenvalue weighted by Gasteiger charge is -2.17. The van der Waals surface area contributed by atoms with E-state index in [2.05, 4.69) is 0 Å². The van der Waals surface area contributed by atoms with Crippen LogP contribution in [0.3, 0.4) is 0 Å². The standard InChI is InChI=1S/C13H11Cl3O3S/c1-18-8-4-3-6(12(19-2)10(8)15)11(17)7-5-9(14)20-13(7)16/h3-5,11,17H,1-2H3. The van der Waals surface area contributed by atoms with E-state index in [1.807, 2.05) is 0 Å². The predicted octanol–water partition coefficient (Wildman–Crippen LogP) is 4.81. The van der Waals surface area contributed by atoms with E-state index in [9.17, 15) is 5.11 Å². The first-order chi connectivity index (χ1) is 9.49. The second-order valence-corrected chi connectivity index (χ2v) is 6.55. The van der Waals surface area contributed by atoms with Crippen molar-refractivity contribution >= 4 is 46.1 Å². The van der Waals surface area contributed by atoms with E-state index in [0.29, 0.717) is 36.3 Å². The molecule has 1 unspecified atom stereocenters. The van der Waals surface area contributed by atoms with Crippen LogP contribution in [0.1, 0.15) is 17.2 Å². The number of rotatable bonds is 4. The maximum Gasteiger partial charge on any atom is 0.147 e. The number of thiophene rings is 1. The highest BCUT2D eigenvalue weighted by molar-refractivity contribution is 7.20. The summed E-state index contributed by atoms with van der Waals surface area (Å²) in [5.41, 5.74) is 1.01. The Balaban J connectivity index is 2.52. The fraction of sp³-hybridized carbons (Fsp3) is 0.231. The smallest absolute Gasteiger partial charge is 0.147 e. The molecule has 0 aliphatic carbocycles. The molecule has 20 heavy (non-hydrogen) atoms. The van der Waals surface area contributed by atoms with Crippen LogP contribution in [0.25, 0.3) is 0 Å². The fourth-order valence-corrected chi connectivity index (χ4v) is 3.69. The summed E-state index contributed by atoms with van der Waals surface area (Å²) >= 11 is 19.3. The van der Waals surface area contributed by atoms with E-state index in [4.69, 9.17) is 44.3 Å². The van der Waals surface area contributed by atoms with Gasteiger partial charge in [0.2, 0.25) is 0 Å². The zero-order chi connectivity index (χ0) is 14.9. The monoisotopic (exact) mass is 352 g/mol. The highest BCUT2D eigenvalue weighted by atomic mass is 35.5. The molecule has 1 N–H and O–H groups in total. The molecule has 0 saturated heterocycles. The molecule has 0 fully saturated rings. The Morgan fingerprint density at radius 2 is 1.80 bits per heavy atom. The van der Waals surface area contributed by atoms with Crippen molar-refractivity contribution < 1.29 is 14.6 Å².